The van der Waals surface area contributed by atoms with Crippen LogP contribution in [0.15, 0.2) is 6.33 Å². The highest BCUT2D eigenvalue weighted by Crippen LogP contribution is 2.30. The molecule has 1 aromatic rings. The molecular weight excluding hydrogens is 270 g/mol. The minimum Gasteiger partial charge on any atom is -0.481 e. The molecule has 1 saturated heterocycles. The Morgan fingerprint density at radius 2 is 2.19 bits per heavy atom. The number of piperidine rings is 1. The molecule has 7 heteroatoms. The Morgan fingerprint density at radius 1 is 1.52 bits per heavy atom. The van der Waals surface area contributed by atoms with Crippen molar-refractivity contribution in [1.82, 2.24) is 9.97 Å². The lowest BCUT2D eigenvalue weighted by Crippen LogP contribution is -2.37. The molecule has 1 aliphatic heterocycles. The van der Waals surface area contributed by atoms with E-state index in [0.717, 1.165) is 6.42 Å². The summed E-state index contributed by atoms with van der Waals surface area (Å²) in [4.78, 5) is 21.5. The first-order valence-corrected chi connectivity index (χ1v) is 7.37. The molecule has 2 heterocycles. The number of carboxylic acid groups (broad SMARTS) is 1. The van der Waals surface area contributed by atoms with E-state index in [1.54, 1.807) is 0 Å². The van der Waals surface area contributed by atoms with Crippen molar-refractivity contribution in [3.05, 3.63) is 6.33 Å². The normalized spacial score (nSPS) is 17.5. The molecule has 1 fully saturated rings. The summed E-state index contributed by atoms with van der Waals surface area (Å²) in [6, 6.07) is 0.285. The molecule has 0 radical (unpaired) electrons. The van der Waals surface area contributed by atoms with Gasteiger partial charge in [-0.15, -0.1) is 0 Å². The van der Waals surface area contributed by atoms with Gasteiger partial charge >= 0.3 is 5.97 Å². The molecule has 1 atom stereocenters. The third-order valence-corrected chi connectivity index (χ3v) is 4.00. The first kappa shape index (κ1) is 15.3. The second kappa shape index (κ2) is 6.60. The first-order chi connectivity index (χ1) is 10.0. The highest BCUT2D eigenvalue weighted by molar-refractivity contribution is 5.76. The van der Waals surface area contributed by atoms with Gasteiger partial charge in [0.25, 0.3) is 0 Å². The highest BCUT2D eigenvalue weighted by atomic mass is 16.4. The van der Waals surface area contributed by atoms with Crippen LogP contribution in [0.25, 0.3) is 0 Å². The Balaban J connectivity index is 2.10. The number of nitrogen functional groups attached to an aromatic ring is 1. The SMILES string of the molecule is CCC(C)Nc1ncnc(N2CCC(C(=O)O)CC2)c1N. The van der Waals surface area contributed by atoms with E-state index >= 15 is 0 Å². The molecule has 4 N–H and O–H groups in total. The van der Waals surface area contributed by atoms with Gasteiger partial charge in [-0.25, -0.2) is 9.97 Å². The molecule has 116 valence electrons. The molecule has 7 nitrogen and oxygen atoms in total. The van der Waals surface area contributed by atoms with Gasteiger partial charge in [0.05, 0.1) is 5.92 Å². The minimum atomic E-state index is -0.718. The number of nitrogens with one attached hydrogen (secondary N) is 1. The predicted octanol–water partition coefficient (Wildman–Crippen LogP) is 1.57. The number of carboxylic acids is 1. The summed E-state index contributed by atoms with van der Waals surface area (Å²) in [6.07, 6.45) is 3.71. The van der Waals surface area contributed by atoms with Crippen molar-refractivity contribution in [3.63, 3.8) is 0 Å². The van der Waals surface area contributed by atoms with E-state index in [0.29, 0.717) is 43.3 Å². The van der Waals surface area contributed by atoms with Crippen LogP contribution in [-0.2, 0) is 4.79 Å². The number of hydrogen-bond acceptors (Lipinski definition) is 6. The largest absolute Gasteiger partial charge is 0.481 e. The van der Waals surface area contributed by atoms with Crippen molar-refractivity contribution in [2.75, 3.05) is 29.0 Å². The Kier molecular flexibility index (Phi) is 4.82. The van der Waals surface area contributed by atoms with Crippen LogP contribution >= 0.6 is 0 Å². The molecule has 1 unspecified atom stereocenters. The molecule has 0 spiro atoms. The van der Waals surface area contributed by atoms with Gasteiger partial charge in [-0.1, -0.05) is 6.92 Å². The minimum absolute atomic E-state index is 0.262. The molecular formula is C14H23N5O2. The van der Waals surface area contributed by atoms with E-state index in [1.807, 2.05) is 4.90 Å². The highest BCUT2D eigenvalue weighted by Gasteiger charge is 2.26. The van der Waals surface area contributed by atoms with Crippen molar-refractivity contribution < 1.29 is 9.90 Å². The average molecular weight is 293 g/mol. The standard InChI is InChI=1S/C14H23N5O2/c1-3-9(2)18-12-11(15)13(17-8-16-12)19-6-4-10(5-7-19)14(20)21/h8-10H,3-7,15H2,1-2H3,(H,20,21)(H,16,17,18). The number of aliphatic carboxylic acids is 1. The van der Waals surface area contributed by atoms with Crippen LogP contribution in [0.2, 0.25) is 0 Å². The molecule has 2 rings (SSSR count). The number of anilines is 3. The number of rotatable bonds is 5. The molecule has 1 aliphatic rings. The van der Waals surface area contributed by atoms with Crippen molar-refractivity contribution in [2.45, 2.75) is 39.2 Å². The zero-order chi connectivity index (χ0) is 15.4. The van der Waals surface area contributed by atoms with Crippen molar-refractivity contribution >= 4 is 23.3 Å². The van der Waals surface area contributed by atoms with Gasteiger partial charge in [0.1, 0.15) is 12.0 Å². The summed E-state index contributed by atoms with van der Waals surface area (Å²) in [5.74, 6) is 0.362. The van der Waals surface area contributed by atoms with Crippen LogP contribution in [0.1, 0.15) is 33.1 Å². The second-order valence-electron chi connectivity index (χ2n) is 5.51. The van der Waals surface area contributed by atoms with E-state index in [9.17, 15) is 4.79 Å². The maximum atomic E-state index is 11.0. The fourth-order valence-electron chi connectivity index (χ4n) is 2.43. The van der Waals surface area contributed by atoms with Crippen molar-refractivity contribution in [3.8, 4) is 0 Å². The number of carbonyl (C=O) groups is 1. The van der Waals surface area contributed by atoms with Crippen LogP contribution < -0.4 is 16.0 Å². The maximum Gasteiger partial charge on any atom is 0.306 e. The van der Waals surface area contributed by atoms with Crippen molar-refractivity contribution in [2.24, 2.45) is 5.92 Å². The molecule has 0 aliphatic carbocycles. The third kappa shape index (κ3) is 3.53. The van der Waals surface area contributed by atoms with E-state index in [1.165, 1.54) is 6.33 Å². The fraction of sp³-hybridized carbons (Fsp3) is 0.643. The monoisotopic (exact) mass is 293 g/mol. The summed E-state index contributed by atoms with van der Waals surface area (Å²) in [7, 11) is 0. The van der Waals surface area contributed by atoms with Gasteiger partial charge in [0.2, 0.25) is 0 Å². The molecule has 0 saturated carbocycles. The summed E-state index contributed by atoms with van der Waals surface area (Å²) in [5.41, 5.74) is 6.70. The first-order valence-electron chi connectivity index (χ1n) is 7.37. The van der Waals surface area contributed by atoms with Crippen LogP contribution in [-0.4, -0.2) is 40.2 Å². The van der Waals surface area contributed by atoms with E-state index in [-0.39, 0.29) is 12.0 Å². The summed E-state index contributed by atoms with van der Waals surface area (Å²) >= 11 is 0. The van der Waals surface area contributed by atoms with Crippen LogP contribution in [0, 0.1) is 5.92 Å². The van der Waals surface area contributed by atoms with Crippen LogP contribution in [0.3, 0.4) is 0 Å². The van der Waals surface area contributed by atoms with E-state index < -0.39 is 5.97 Å². The lowest BCUT2D eigenvalue weighted by Gasteiger charge is -2.32. The van der Waals surface area contributed by atoms with Gasteiger partial charge in [0, 0.05) is 19.1 Å². The zero-order valence-corrected chi connectivity index (χ0v) is 12.5. The van der Waals surface area contributed by atoms with Crippen molar-refractivity contribution in [1.29, 1.82) is 0 Å². The zero-order valence-electron chi connectivity index (χ0n) is 12.5. The quantitative estimate of drug-likeness (QED) is 0.756. The van der Waals surface area contributed by atoms with E-state index in [2.05, 4.69) is 29.1 Å². The van der Waals surface area contributed by atoms with Gasteiger partial charge in [-0.05, 0) is 26.2 Å². The number of hydrogen-bond donors (Lipinski definition) is 3. The maximum absolute atomic E-state index is 11.0. The van der Waals surface area contributed by atoms with Gasteiger partial charge < -0.3 is 21.1 Å². The average Bonchev–Trinajstić information content (AvgIpc) is 2.49. The van der Waals surface area contributed by atoms with E-state index in [4.69, 9.17) is 10.8 Å². The smallest absolute Gasteiger partial charge is 0.306 e. The topological polar surface area (TPSA) is 104 Å². The molecule has 0 amide bonds. The predicted molar refractivity (Wildman–Crippen MR) is 82.4 cm³/mol. The molecule has 1 aromatic heterocycles. The Bertz CT molecular complexity index is 500. The summed E-state index contributed by atoms with van der Waals surface area (Å²) < 4.78 is 0. The molecule has 21 heavy (non-hydrogen) atoms. The lowest BCUT2D eigenvalue weighted by atomic mass is 9.97. The van der Waals surface area contributed by atoms with Gasteiger partial charge in [0.15, 0.2) is 11.6 Å². The van der Waals surface area contributed by atoms with Gasteiger partial charge in [-0.2, -0.15) is 0 Å². The third-order valence-electron chi connectivity index (χ3n) is 4.00. The summed E-state index contributed by atoms with van der Waals surface area (Å²) in [6.45, 7) is 5.47. The lowest BCUT2D eigenvalue weighted by molar-refractivity contribution is -0.142. The van der Waals surface area contributed by atoms with Gasteiger partial charge in [-0.3, -0.25) is 4.79 Å². The molecule has 0 bridgehead atoms. The number of nitrogens with zero attached hydrogens (tertiary/aromatic N) is 3. The fourth-order valence-corrected chi connectivity index (χ4v) is 2.43. The Labute approximate surface area is 124 Å². The number of nitrogens with two attached hydrogens (primary N) is 1. The number of aromatic nitrogens is 2. The van der Waals surface area contributed by atoms with Crippen LogP contribution in [0.5, 0.6) is 0 Å². The summed E-state index contributed by atoms with van der Waals surface area (Å²) in [5, 5.41) is 12.3. The second-order valence-corrected chi connectivity index (χ2v) is 5.51. The molecule has 0 aromatic carbocycles. The Hall–Kier alpha value is -2.05. The Morgan fingerprint density at radius 3 is 2.76 bits per heavy atom. The van der Waals surface area contributed by atoms with Crippen LogP contribution in [0.4, 0.5) is 17.3 Å².